The average molecular weight is 563 g/mol. The van der Waals surface area contributed by atoms with Crippen LogP contribution in [0, 0.1) is 0 Å². The van der Waals surface area contributed by atoms with E-state index in [1.807, 2.05) is 4.90 Å². The maximum Gasteiger partial charge on any atom is 0.262 e. The SMILES string of the molecule is O=C1Nc2ccc(S(=O)(=O)Cc3c(Cl)cccc3Cl)cc2SC1=Cc1ccnc(N2CCOCC2)n1. The quantitative estimate of drug-likeness (QED) is 0.447. The minimum absolute atomic E-state index is 0.108. The predicted octanol–water partition coefficient (Wildman–Crippen LogP) is 4.68. The van der Waals surface area contributed by atoms with Crippen LogP contribution in [0.5, 0.6) is 0 Å². The second-order valence-electron chi connectivity index (χ2n) is 8.06. The lowest BCUT2D eigenvalue weighted by Crippen LogP contribution is -2.37. The summed E-state index contributed by atoms with van der Waals surface area (Å²) in [5.74, 6) is -0.0618. The van der Waals surface area contributed by atoms with Crippen LogP contribution in [-0.4, -0.2) is 50.6 Å². The maximum atomic E-state index is 13.2. The summed E-state index contributed by atoms with van der Waals surface area (Å²) in [6, 6.07) is 11.2. The molecule has 2 aliphatic rings. The van der Waals surface area contributed by atoms with Crippen molar-refractivity contribution >= 4 is 68.4 Å². The molecule has 0 aliphatic carbocycles. The summed E-state index contributed by atoms with van der Waals surface area (Å²) >= 11 is 13.6. The Labute approximate surface area is 222 Å². The summed E-state index contributed by atoms with van der Waals surface area (Å²) in [4.78, 5) is 24.8. The summed E-state index contributed by atoms with van der Waals surface area (Å²) < 4.78 is 31.7. The Morgan fingerprint density at radius 3 is 2.61 bits per heavy atom. The van der Waals surface area contributed by atoms with Crippen molar-refractivity contribution in [2.24, 2.45) is 0 Å². The van der Waals surface area contributed by atoms with Crippen molar-refractivity contribution in [1.82, 2.24) is 9.97 Å². The summed E-state index contributed by atoms with van der Waals surface area (Å²) in [5.41, 5.74) is 1.46. The molecule has 2 aliphatic heterocycles. The van der Waals surface area contributed by atoms with Gasteiger partial charge in [-0.15, -0.1) is 0 Å². The Balaban J connectivity index is 1.41. The number of halogens is 2. The van der Waals surface area contributed by atoms with Crippen molar-refractivity contribution in [3.8, 4) is 0 Å². The third kappa shape index (κ3) is 5.37. The van der Waals surface area contributed by atoms with Gasteiger partial charge >= 0.3 is 0 Å². The van der Waals surface area contributed by atoms with Gasteiger partial charge in [-0.25, -0.2) is 18.4 Å². The number of fused-ring (bicyclic) bond motifs is 1. The number of anilines is 2. The number of morpholine rings is 1. The van der Waals surface area contributed by atoms with E-state index in [2.05, 4.69) is 15.3 Å². The van der Waals surface area contributed by atoms with E-state index in [0.717, 1.165) is 0 Å². The predicted molar refractivity (Wildman–Crippen MR) is 141 cm³/mol. The van der Waals surface area contributed by atoms with Gasteiger partial charge in [0.15, 0.2) is 9.84 Å². The third-order valence-corrected chi connectivity index (χ3v) is 9.07. The molecule has 2 aromatic carbocycles. The highest BCUT2D eigenvalue weighted by atomic mass is 35.5. The number of rotatable bonds is 5. The highest BCUT2D eigenvalue weighted by Crippen LogP contribution is 2.40. The number of nitrogens with zero attached hydrogens (tertiary/aromatic N) is 3. The van der Waals surface area contributed by atoms with Gasteiger partial charge in [0, 0.05) is 39.8 Å². The van der Waals surface area contributed by atoms with Crippen molar-refractivity contribution < 1.29 is 17.9 Å². The summed E-state index contributed by atoms with van der Waals surface area (Å²) in [6.07, 6.45) is 3.31. The van der Waals surface area contributed by atoms with Gasteiger partial charge in [-0.1, -0.05) is 41.0 Å². The molecule has 0 spiro atoms. The minimum Gasteiger partial charge on any atom is -0.378 e. The van der Waals surface area contributed by atoms with E-state index in [1.54, 1.807) is 48.7 Å². The molecule has 5 rings (SSSR count). The minimum atomic E-state index is -3.75. The van der Waals surface area contributed by atoms with Crippen molar-refractivity contribution in [1.29, 1.82) is 0 Å². The highest BCUT2D eigenvalue weighted by Gasteiger charge is 2.25. The van der Waals surface area contributed by atoms with Crippen LogP contribution in [0.1, 0.15) is 11.3 Å². The average Bonchev–Trinajstić information content (AvgIpc) is 2.87. The second kappa shape index (κ2) is 10.4. The number of amides is 1. The molecule has 0 bridgehead atoms. The smallest absolute Gasteiger partial charge is 0.262 e. The molecule has 1 saturated heterocycles. The van der Waals surface area contributed by atoms with Gasteiger partial charge in [-0.2, -0.15) is 0 Å². The van der Waals surface area contributed by atoms with Crippen LogP contribution in [0.15, 0.2) is 63.4 Å². The largest absolute Gasteiger partial charge is 0.378 e. The number of nitrogens with one attached hydrogen (secondary N) is 1. The van der Waals surface area contributed by atoms with Gasteiger partial charge in [-0.05, 0) is 42.5 Å². The van der Waals surface area contributed by atoms with Crippen molar-refractivity contribution in [3.05, 3.63) is 74.9 Å². The van der Waals surface area contributed by atoms with Crippen molar-refractivity contribution in [2.45, 2.75) is 15.5 Å². The molecular formula is C24H20Cl2N4O4S2. The Kier molecular flexibility index (Phi) is 7.23. The van der Waals surface area contributed by atoms with Gasteiger partial charge in [0.2, 0.25) is 5.95 Å². The van der Waals surface area contributed by atoms with Crippen LogP contribution in [0.3, 0.4) is 0 Å². The molecule has 0 atom stereocenters. The van der Waals surface area contributed by atoms with E-state index in [1.165, 1.54) is 17.8 Å². The van der Waals surface area contributed by atoms with Gasteiger partial charge < -0.3 is 15.0 Å². The number of sulfone groups is 1. The van der Waals surface area contributed by atoms with E-state index in [4.69, 9.17) is 27.9 Å². The number of aromatic nitrogens is 2. The van der Waals surface area contributed by atoms with E-state index in [9.17, 15) is 13.2 Å². The van der Waals surface area contributed by atoms with E-state index >= 15 is 0 Å². The first kappa shape index (κ1) is 25.0. The van der Waals surface area contributed by atoms with Crippen LogP contribution in [-0.2, 0) is 25.1 Å². The topological polar surface area (TPSA) is 101 Å². The molecule has 1 aromatic heterocycles. The fourth-order valence-electron chi connectivity index (χ4n) is 3.76. The van der Waals surface area contributed by atoms with E-state index in [-0.39, 0.29) is 26.6 Å². The molecular weight excluding hydrogens is 543 g/mol. The molecule has 3 heterocycles. The standard InChI is InChI=1S/C24H20Cl2N4O4S2/c25-18-2-1-3-19(26)17(18)14-36(32,33)16-4-5-20-21(13-16)35-22(23(31)29-20)12-15-6-7-27-24(28-15)30-8-10-34-11-9-30/h1-7,12-13H,8-11,14H2,(H,29,31). The zero-order chi connectivity index (χ0) is 25.3. The molecule has 12 heteroatoms. The molecule has 36 heavy (non-hydrogen) atoms. The van der Waals surface area contributed by atoms with Crippen molar-refractivity contribution in [2.75, 3.05) is 36.5 Å². The highest BCUT2D eigenvalue weighted by molar-refractivity contribution is 8.04. The van der Waals surface area contributed by atoms with E-state index < -0.39 is 9.84 Å². The second-order valence-corrected chi connectivity index (χ2v) is 12.0. The lowest BCUT2D eigenvalue weighted by molar-refractivity contribution is -0.112. The number of benzene rings is 2. The molecule has 1 fully saturated rings. The first-order chi connectivity index (χ1) is 17.3. The summed E-state index contributed by atoms with van der Waals surface area (Å²) in [7, 11) is -3.75. The maximum absolute atomic E-state index is 13.2. The number of carbonyl (C=O) groups is 1. The number of ether oxygens (including phenoxy) is 1. The number of hydrogen-bond donors (Lipinski definition) is 1. The van der Waals surface area contributed by atoms with Gasteiger partial charge in [0.1, 0.15) is 0 Å². The summed E-state index contributed by atoms with van der Waals surface area (Å²) in [6.45, 7) is 2.61. The Morgan fingerprint density at radius 2 is 1.86 bits per heavy atom. The number of thioether (sulfide) groups is 1. The zero-order valence-corrected chi connectivity index (χ0v) is 21.9. The molecule has 1 N–H and O–H groups in total. The molecule has 0 unspecified atom stereocenters. The molecule has 186 valence electrons. The zero-order valence-electron chi connectivity index (χ0n) is 18.8. The van der Waals surface area contributed by atoms with Crippen LogP contribution in [0.25, 0.3) is 6.08 Å². The fourth-order valence-corrected chi connectivity index (χ4v) is 6.93. The first-order valence-electron chi connectivity index (χ1n) is 11.0. The number of hydrogen-bond acceptors (Lipinski definition) is 8. The van der Waals surface area contributed by atoms with Gasteiger partial charge in [0.05, 0.1) is 40.1 Å². The van der Waals surface area contributed by atoms with Crippen LogP contribution >= 0.6 is 35.0 Å². The van der Waals surface area contributed by atoms with Crippen molar-refractivity contribution in [3.63, 3.8) is 0 Å². The normalized spacial score (nSPS) is 17.1. The Hall–Kier alpha value is -2.63. The monoisotopic (exact) mass is 562 g/mol. The Morgan fingerprint density at radius 1 is 1.11 bits per heavy atom. The molecule has 3 aromatic rings. The fraction of sp³-hybridized carbons (Fsp3) is 0.208. The van der Waals surface area contributed by atoms with Crippen LogP contribution in [0.4, 0.5) is 11.6 Å². The van der Waals surface area contributed by atoms with E-state index in [0.29, 0.717) is 59.0 Å². The molecule has 0 radical (unpaired) electrons. The van der Waals surface area contributed by atoms with Crippen LogP contribution in [0.2, 0.25) is 10.0 Å². The first-order valence-corrected chi connectivity index (χ1v) is 14.2. The van der Waals surface area contributed by atoms with Gasteiger partial charge in [-0.3, -0.25) is 4.79 Å². The van der Waals surface area contributed by atoms with Crippen LogP contribution < -0.4 is 10.2 Å². The number of carbonyl (C=O) groups excluding carboxylic acids is 1. The molecule has 1 amide bonds. The lowest BCUT2D eigenvalue weighted by atomic mass is 10.2. The molecule has 8 nitrogen and oxygen atoms in total. The third-order valence-electron chi connectivity index (χ3n) is 5.64. The molecule has 0 saturated carbocycles. The van der Waals surface area contributed by atoms with Gasteiger partial charge in [0.25, 0.3) is 5.91 Å². The summed E-state index contributed by atoms with van der Waals surface area (Å²) in [5, 5.41) is 3.40. The Bertz CT molecular complexity index is 1450. The lowest BCUT2D eigenvalue weighted by Gasteiger charge is -2.26.